The average molecular weight is 187 g/mol. The van der Waals surface area contributed by atoms with E-state index in [9.17, 15) is 14.4 Å². The van der Waals surface area contributed by atoms with Gasteiger partial charge < -0.3 is 14.8 Å². The molecule has 0 radical (unpaired) electrons. The van der Waals surface area contributed by atoms with E-state index in [1.165, 1.54) is 13.8 Å². The molecule has 2 unspecified atom stereocenters. The van der Waals surface area contributed by atoms with Gasteiger partial charge in [0, 0.05) is 6.92 Å². The highest BCUT2D eigenvalue weighted by Crippen LogP contribution is 2.07. The fourth-order valence-corrected chi connectivity index (χ4v) is 1.01. The van der Waals surface area contributed by atoms with E-state index in [1.807, 2.05) is 0 Å². The topological polar surface area (TPSA) is 81.7 Å². The Hall–Kier alpha value is -1.59. The van der Waals surface area contributed by atoms with Gasteiger partial charge in [0.1, 0.15) is 6.10 Å². The Balaban J connectivity index is 2.56. The number of esters is 2. The van der Waals surface area contributed by atoms with Crippen LogP contribution in [0.3, 0.4) is 0 Å². The van der Waals surface area contributed by atoms with Crippen LogP contribution in [0.4, 0.5) is 4.79 Å². The number of amides is 1. The molecule has 6 heteroatoms. The van der Waals surface area contributed by atoms with E-state index in [1.54, 1.807) is 0 Å². The SMILES string of the molecule is CC(=O)OC(C)C1NC(=O)OC1=O. The van der Waals surface area contributed by atoms with Crippen molar-refractivity contribution in [3.8, 4) is 0 Å². The van der Waals surface area contributed by atoms with E-state index >= 15 is 0 Å². The van der Waals surface area contributed by atoms with Crippen LogP contribution < -0.4 is 5.32 Å². The summed E-state index contributed by atoms with van der Waals surface area (Å²) < 4.78 is 8.89. The van der Waals surface area contributed by atoms with Crippen molar-refractivity contribution in [3.63, 3.8) is 0 Å². The highest BCUT2D eigenvalue weighted by atomic mass is 16.6. The summed E-state index contributed by atoms with van der Waals surface area (Å²) in [5.74, 6) is -1.24. The van der Waals surface area contributed by atoms with Crippen molar-refractivity contribution < 1.29 is 23.9 Å². The summed E-state index contributed by atoms with van der Waals surface area (Å²) in [7, 11) is 0. The second-order valence-corrected chi connectivity index (χ2v) is 2.65. The maximum Gasteiger partial charge on any atom is 0.415 e. The third-order valence-electron chi connectivity index (χ3n) is 1.54. The molecule has 0 bridgehead atoms. The molecule has 1 saturated heterocycles. The normalized spacial score (nSPS) is 23.4. The van der Waals surface area contributed by atoms with Gasteiger partial charge in [-0.25, -0.2) is 9.59 Å². The van der Waals surface area contributed by atoms with Crippen molar-refractivity contribution in [2.45, 2.75) is 26.0 Å². The van der Waals surface area contributed by atoms with Crippen molar-refractivity contribution in [3.05, 3.63) is 0 Å². The summed E-state index contributed by atoms with van der Waals surface area (Å²) in [6, 6.07) is -0.892. The summed E-state index contributed by atoms with van der Waals surface area (Å²) in [5, 5.41) is 2.22. The average Bonchev–Trinajstić information content (AvgIpc) is 2.28. The first-order chi connectivity index (χ1) is 6.00. The van der Waals surface area contributed by atoms with Crippen LogP contribution in [0, 0.1) is 0 Å². The molecule has 1 rings (SSSR count). The van der Waals surface area contributed by atoms with Gasteiger partial charge in [0.25, 0.3) is 0 Å². The fourth-order valence-electron chi connectivity index (χ4n) is 1.01. The van der Waals surface area contributed by atoms with Crippen molar-refractivity contribution in [1.82, 2.24) is 5.32 Å². The van der Waals surface area contributed by atoms with Crippen molar-refractivity contribution in [2.75, 3.05) is 0 Å². The lowest BCUT2D eigenvalue weighted by atomic mass is 10.2. The highest BCUT2D eigenvalue weighted by Gasteiger charge is 2.38. The van der Waals surface area contributed by atoms with Gasteiger partial charge in [-0.3, -0.25) is 4.79 Å². The van der Waals surface area contributed by atoms with Crippen LogP contribution in [-0.2, 0) is 19.1 Å². The molecule has 72 valence electrons. The third-order valence-corrected chi connectivity index (χ3v) is 1.54. The van der Waals surface area contributed by atoms with Crippen molar-refractivity contribution in [1.29, 1.82) is 0 Å². The molecule has 0 saturated carbocycles. The Kier molecular flexibility index (Phi) is 2.50. The number of hydrogen-bond acceptors (Lipinski definition) is 5. The number of nitrogens with one attached hydrogen (secondary N) is 1. The van der Waals surface area contributed by atoms with Gasteiger partial charge in [0.2, 0.25) is 0 Å². The molecular weight excluding hydrogens is 178 g/mol. The number of carbonyl (C=O) groups is 3. The third kappa shape index (κ3) is 2.17. The van der Waals surface area contributed by atoms with Crippen LogP contribution >= 0.6 is 0 Å². The summed E-state index contributed by atoms with van der Waals surface area (Å²) in [6.07, 6.45) is -1.52. The molecule has 2 atom stereocenters. The lowest BCUT2D eigenvalue weighted by Gasteiger charge is -2.14. The van der Waals surface area contributed by atoms with Gasteiger partial charge in [-0.05, 0) is 6.92 Å². The Bertz CT molecular complexity index is 262. The Morgan fingerprint density at radius 3 is 2.62 bits per heavy atom. The molecule has 1 fully saturated rings. The first-order valence-electron chi connectivity index (χ1n) is 3.70. The number of ether oxygens (including phenoxy) is 2. The summed E-state index contributed by atoms with van der Waals surface area (Å²) in [6.45, 7) is 2.72. The van der Waals surface area contributed by atoms with Gasteiger partial charge in [-0.2, -0.15) is 0 Å². The minimum absolute atomic E-state index is 0.513. The van der Waals surface area contributed by atoms with E-state index in [0.29, 0.717) is 0 Å². The number of carbonyl (C=O) groups excluding carboxylic acids is 3. The Morgan fingerprint density at radius 2 is 2.23 bits per heavy atom. The Labute approximate surface area is 74.2 Å². The van der Waals surface area contributed by atoms with Gasteiger partial charge in [-0.15, -0.1) is 0 Å². The van der Waals surface area contributed by atoms with E-state index in [0.717, 1.165) is 0 Å². The Morgan fingerprint density at radius 1 is 1.62 bits per heavy atom. The second-order valence-electron chi connectivity index (χ2n) is 2.65. The van der Waals surface area contributed by atoms with Crippen LogP contribution in [-0.4, -0.2) is 30.2 Å². The molecule has 0 aromatic rings. The zero-order valence-electron chi connectivity index (χ0n) is 7.20. The lowest BCUT2D eigenvalue weighted by Crippen LogP contribution is -2.41. The molecule has 1 heterocycles. The molecule has 1 amide bonds. The maximum absolute atomic E-state index is 10.9. The van der Waals surface area contributed by atoms with Crippen molar-refractivity contribution >= 4 is 18.0 Å². The van der Waals surface area contributed by atoms with Crippen LogP contribution in [0.25, 0.3) is 0 Å². The van der Waals surface area contributed by atoms with Crippen LogP contribution in [0.5, 0.6) is 0 Å². The molecule has 1 N–H and O–H groups in total. The lowest BCUT2D eigenvalue weighted by molar-refractivity contribution is -0.149. The van der Waals surface area contributed by atoms with E-state index in [-0.39, 0.29) is 0 Å². The van der Waals surface area contributed by atoms with Gasteiger partial charge >= 0.3 is 18.0 Å². The van der Waals surface area contributed by atoms with Gasteiger partial charge in [0.05, 0.1) is 0 Å². The number of hydrogen-bond donors (Lipinski definition) is 1. The van der Waals surface area contributed by atoms with Crippen LogP contribution in [0.2, 0.25) is 0 Å². The molecule has 1 aliphatic heterocycles. The maximum atomic E-state index is 10.9. The quantitative estimate of drug-likeness (QED) is 0.468. The summed E-state index contributed by atoms with van der Waals surface area (Å²) in [5.41, 5.74) is 0. The van der Waals surface area contributed by atoms with Gasteiger partial charge in [-0.1, -0.05) is 0 Å². The minimum Gasteiger partial charge on any atom is -0.460 e. The second kappa shape index (κ2) is 3.42. The predicted octanol–water partition coefficient (Wildman–Crippen LogP) is -0.427. The fraction of sp³-hybridized carbons (Fsp3) is 0.571. The van der Waals surface area contributed by atoms with Crippen molar-refractivity contribution in [2.24, 2.45) is 0 Å². The molecule has 13 heavy (non-hydrogen) atoms. The van der Waals surface area contributed by atoms with Crippen LogP contribution in [0.15, 0.2) is 0 Å². The standard InChI is InChI=1S/C7H9NO5/c1-3(12-4(2)9)5-6(10)13-7(11)8-5/h3,5H,1-2H3,(H,8,11). The number of rotatable bonds is 2. The highest BCUT2D eigenvalue weighted by molar-refractivity contribution is 5.95. The first kappa shape index (κ1) is 9.50. The van der Waals surface area contributed by atoms with Crippen LogP contribution in [0.1, 0.15) is 13.8 Å². The number of alkyl carbamates (subject to hydrolysis) is 1. The van der Waals surface area contributed by atoms with E-state index in [2.05, 4.69) is 10.1 Å². The molecule has 0 aliphatic carbocycles. The monoisotopic (exact) mass is 187 g/mol. The number of cyclic esters (lactones) is 2. The molecule has 0 spiro atoms. The van der Waals surface area contributed by atoms with E-state index < -0.39 is 30.2 Å². The molecular formula is C7H9NO5. The zero-order valence-corrected chi connectivity index (χ0v) is 7.20. The minimum atomic E-state index is -0.892. The molecule has 6 nitrogen and oxygen atoms in total. The zero-order chi connectivity index (χ0) is 10.0. The molecule has 1 aliphatic rings. The predicted molar refractivity (Wildman–Crippen MR) is 39.6 cm³/mol. The summed E-state index contributed by atoms with van der Waals surface area (Å²) >= 11 is 0. The summed E-state index contributed by atoms with van der Waals surface area (Å²) in [4.78, 5) is 32.0. The largest absolute Gasteiger partial charge is 0.460 e. The smallest absolute Gasteiger partial charge is 0.415 e. The molecule has 0 aromatic heterocycles. The first-order valence-corrected chi connectivity index (χ1v) is 3.70. The van der Waals surface area contributed by atoms with E-state index in [4.69, 9.17) is 4.74 Å². The molecule has 0 aromatic carbocycles. The van der Waals surface area contributed by atoms with Gasteiger partial charge in [0.15, 0.2) is 6.04 Å².